The molecule has 0 aromatic heterocycles. The van der Waals surface area contributed by atoms with Crippen LogP contribution in [0.4, 0.5) is 0 Å². The molecule has 0 aliphatic heterocycles. The molecule has 0 aliphatic rings. The van der Waals surface area contributed by atoms with Gasteiger partial charge in [0.05, 0.1) is 6.54 Å². The Kier molecular flexibility index (Phi) is 3.82. The lowest BCUT2D eigenvalue weighted by atomic mass is 10.1. The van der Waals surface area contributed by atoms with Crippen LogP contribution in [0.2, 0.25) is 0 Å². The van der Waals surface area contributed by atoms with Crippen molar-refractivity contribution < 1.29 is 9.59 Å². The van der Waals surface area contributed by atoms with E-state index >= 15 is 0 Å². The normalized spacial score (nSPS) is 9.47. The molecule has 0 unspecified atom stereocenters. The minimum absolute atomic E-state index is 0.159. The Balaban J connectivity index is 2.54. The van der Waals surface area contributed by atoms with Crippen LogP contribution in [-0.4, -0.2) is 18.4 Å². The van der Waals surface area contributed by atoms with E-state index < -0.39 is 5.91 Å². The Morgan fingerprint density at radius 1 is 1.20 bits per heavy atom. The molecule has 0 heterocycles. The monoisotopic (exact) mass is 207 g/mol. The van der Waals surface area contributed by atoms with Crippen molar-refractivity contribution in [3.05, 3.63) is 35.4 Å². The Labute approximate surface area is 87.6 Å². The minimum atomic E-state index is -0.435. The molecule has 0 saturated carbocycles. The molecule has 1 rings (SSSR count). The topological polar surface area (TPSA) is 84.2 Å². The SMILES string of the molecule is Cc1ccc(C(=O)NNC(=O)CN)cc1. The molecule has 0 aliphatic carbocycles. The first kappa shape index (κ1) is 11.2. The summed E-state index contributed by atoms with van der Waals surface area (Å²) in [6, 6.07) is 7.00. The van der Waals surface area contributed by atoms with Crippen LogP contribution in [-0.2, 0) is 4.79 Å². The number of nitrogens with two attached hydrogens (primary N) is 1. The van der Waals surface area contributed by atoms with Gasteiger partial charge >= 0.3 is 0 Å². The second kappa shape index (κ2) is 5.11. The molecular weight excluding hydrogens is 194 g/mol. The van der Waals surface area contributed by atoms with Gasteiger partial charge in [-0.05, 0) is 19.1 Å². The summed E-state index contributed by atoms with van der Waals surface area (Å²) in [7, 11) is 0. The average molecular weight is 207 g/mol. The third-order valence-corrected chi connectivity index (χ3v) is 1.81. The molecule has 0 saturated heterocycles. The Bertz CT molecular complexity index is 359. The highest BCUT2D eigenvalue weighted by molar-refractivity contribution is 5.95. The fraction of sp³-hybridized carbons (Fsp3) is 0.200. The van der Waals surface area contributed by atoms with E-state index in [0.29, 0.717) is 5.56 Å². The minimum Gasteiger partial charge on any atom is -0.322 e. The van der Waals surface area contributed by atoms with E-state index in [1.54, 1.807) is 12.1 Å². The van der Waals surface area contributed by atoms with Gasteiger partial charge in [0.15, 0.2) is 0 Å². The largest absolute Gasteiger partial charge is 0.322 e. The molecule has 80 valence electrons. The van der Waals surface area contributed by atoms with E-state index in [-0.39, 0.29) is 12.5 Å². The van der Waals surface area contributed by atoms with E-state index in [9.17, 15) is 9.59 Å². The maximum Gasteiger partial charge on any atom is 0.269 e. The Morgan fingerprint density at radius 3 is 2.33 bits per heavy atom. The van der Waals surface area contributed by atoms with Gasteiger partial charge in [-0.1, -0.05) is 17.7 Å². The highest BCUT2D eigenvalue weighted by Crippen LogP contribution is 2.01. The third-order valence-electron chi connectivity index (χ3n) is 1.81. The summed E-state index contributed by atoms with van der Waals surface area (Å²) in [5, 5.41) is 0. The quantitative estimate of drug-likeness (QED) is 0.583. The van der Waals surface area contributed by atoms with E-state index in [4.69, 9.17) is 5.73 Å². The number of nitrogens with one attached hydrogen (secondary N) is 2. The first-order valence-electron chi connectivity index (χ1n) is 4.49. The van der Waals surface area contributed by atoms with Crippen LogP contribution in [0.25, 0.3) is 0 Å². The molecule has 5 heteroatoms. The maximum atomic E-state index is 11.4. The van der Waals surface area contributed by atoms with Crippen molar-refractivity contribution in [3.63, 3.8) is 0 Å². The van der Waals surface area contributed by atoms with E-state index in [1.807, 2.05) is 19.1 Å². The lowest BCUT2D eigenvalue weighted by Crippen LogP contribution is -2.44. The number of hydrogen-bond donors (Lipinski definition) is 3. The van der Waals surface area contributed by atoms with Gasteiger partial charge in [0.25, 0.3) is 11.8 Å². The van der Waals surface area contributed by atoms with Gasteiger partial charge in [-0.25, -0.2) is 0 Å². The van der Waals surface area contributed by atoms with Gasteiger partial charge in [-0.15, -0.1) is 0 Å². The smallest absolute Gasteiger partial charge is 0.269 e. The van der Waals surface area contributed by atoms with Crippen molar-refractivity contribution in [1.82, 2.24) is 10.9 Å². The number of aryl methyl sites for hydroxylation is 1. The third kappa shape index (κ3) is 3.40. The molecule has 0 spiro atoms. The standard InChI is InChI=1S/C10H13N3O2/c1-7-2-4-8(5-3-7)10(15)13-12-9(14)6-11/h2-5H,6,11H2,1H3,(H,12,14)(H,13,15). The maximum absolute atomic E-state index is 11.4. The van der Waals surface area contributed by atoms with Gasteiger partial charge in [-0.3, -0.25) is 20.4 Å². The summed E-state index contributed by atoms with van der Waals surface area (Å²) in [5.41, 5.74) is 11.0. The molecule has 0 bridgehead atoms. The van der Waals surface area contributed by atoms with E-state index in [1.165, 1.54) is 0 Å². The number of hydrazine groups is 1. The van der Waals surface area contributed by atoms with Crippen molar-refractivity contribution in [3.8, 4) is 0 Å². The molecule has 4 N–H and O–H groups in total. The summed E-state index contributed by atoms with van der Waals surface area (Å²) < 4.78 is 0. The zero-order valence-electron chi connectivity index (χ0n) is 8.41. The van der Waals surface area contributed by atoms with Crippen molar-refractivity contribution in [2.24, 2.45) is 5.73 Å². The Hall–Kier alpha value is -1.88. The summed E-state index contributed by atoms with van der Waals surface area (Å²) >= 11 is 0. The molecule has 0 atom stereocenters. The molecule has 2 amide bonds. The fourth-order valence-electron chi connectivity index (χ4n) is 0.955. The van der Waals surface area contributed by atoms with Crippen LogP contribution in [0.15, 0.2) is 24.3 Å². The molecular formula is C10H13N3O2. The number of carbonyl (C=O) groups is 2. The first-order chi connectivity index (χ1) is 7.13. The number of hydrogen-bond acceptors (Lipinski definition) is 3. The molecule has 1 aromatic carbocycles. The van der Waals surface area contributed by atoms with Crippen LogP contribution in [0.5, 0.6) is 0 Å². The van der Waals surface area contributed by atoms with Crippen LogP contribution in [0, 0.1) is 6.92 Å². The summed E-state index contributed by atoms with van der Waals surface area (Å²) in [4.78, 5) is 22.2. The van der Waals surface area contributed by atoms with Gasteiger partial charge in [0, 0.05) is 5.56 Å². The van der Waals surface area contributed by atoms with Gasteiger partial charge in [0.1, 0.15) is 0 Å². The highest BCUT2D eigenvalue weighted by atomic mass is 16.2. The first-order valence-corrected chi connectivity index (χ1v) is 4.49. The summed E-state index contributed by atoms with van der Waals surface area (Å²) in [6.45, 7) is 1.77. The number of benzene rings is 1. The summed E-state index contributed by atoms with van der Waals surface area (Å²) in [5.74, 6) is -0.799. The van der Waals surface area contributed by atoms with Crippen molar-refractivity contribution in [2.75, 3.05) is 6.54 Å². The lowest BCUT2D eigenvalue weighted by Gasteiger charge is -2.05. The highest BCUT2D eigenvalue weighted by Gasteiger charge is 2.05. The van der Waals surface area contributed by atoms with Crippen LogP contribution in [0.1, 0.15) is 15.9 Å². The molecule has 1 aromatic rings. The number of amides is 2. The average Bonchev–Trinajstić information content (AvgIpc) is 2.26. The van der Waals surface area contributed by atoms with Crippen LogP contribution in [0.3, 0.4) is 0 Å². The summed E-state index contributed by atoms with van der Waals surface area (Å²) in [6.07, 6.45) is 0. The Morgan fingerprint density at radius 2 is 1.80 bits per heavy atom. The predicted octanol–water partition coefficient (Wildman–Crippen LogP) is -0.285. The van der Waals surface area contributed by atoms with Crippen molar-refractivity contribution >= 4 is 11.8 Å². The van der Waals surface area contributed by atoms with Gasteiger partial charge in [0.2, 0.25) is 0 Å². The lowest BCUT2D eigenvalue weighted by molar-refractivity contribution is -0.120. The van der Waals surface area contributed by atoms with E-state index in [2.05, 4.69) is 10.9 Å². The number of rotatable bonds is 2. The number of carbonyl (C=O) groups excluding carboxylic acids is 2. The van der Waals surface area contributed by atoms with Crippen molar-refractivity contribution in [2.45, 2.75) is 6.92 Å². The van der Waals surface area contributed by atoms with Gasteiger partial charge < -0.3 is 5.73 Å². The molecule has 5 nitrogen and oxygen atoms in total. The predicted molar refractivity (Wildman–Crippen MR) is 55.8 cm³/mol. The van der Waals surface area contributed by atoms with Crippen LogP contribution < -0.4 is 16.6 Å². The molecule has 15 heavy (non-hydrogen) atoms. The molecule has 0 radical (unpaired) electrons. The second-order valence-corrected chi connectivity index (χ2v) is 3.07. The van der Waals surface area contributed by atoms with Gasteiger partial charge in [-0.2, -0.15) is 0 Å². The fourth-order valence-corrected chi connectivity index (χ4v) is 0.955. The van der Waals surface area contributed by atoms with E-state index in [0.717, 1.165) is 5.56 Å². The zero-order chi connectivity index (χ0) is 11.3. The zero-order valence-corrected chi connectivity index (χ0v) is 8.41. The van der Waals surface area contributed by atoms with Crippen molar-refractivity contribution in [1.29, 1.82) is 0 Å². The second-order valence-electron chi connectivity index (χ2n) is 3.07. The van der Waals surface area contributed by atoms with Crippen LogP contribution >= 0.6 is 0 Å². The molecule has 0 fully saturated rings.